The highest BCUT2D eigenvalue weighted by Gasteiger charge is 2.13. The van der Waals surface area contributed by atoms with Gasteiger partial charge in [0, 0.05) is 36.1 Å². The van der Waals surface area contributed by atoms with Crippen molar-refractivity contribution in [1.29, 1.82) is 0 Å². The number of aliphatic imine (C=N–C) groups is 1. The summed E-state index contributed by atoms with van der Waals surface area (Å²) in [5.41, 5.74) is -0.235. The molecule has 0 bridgehead atoms. The number of rotatable bonds is 6. The first-order chi connectivity index (χ1) is 10.3. The number of aromatic nitrogens is 1. The van der Waals surface area contributed by atoms with Gasteiger partial charge in [-0.25, -0.2) is 9.98 Å². The zero-order chi connectivity index (χ0) is 16.6. The van der Waals surface area contributed by atoms with E-state index in [1.54, 1.807) is 11.3 Å². The maximum Gasteiger partial charge on any atom is 0.242 e. The van der Waals surface area contributed by atoms with Crippen molar-refractivity contribution in [3.05, 3.63) is 16.1 Å². The molecule has 3 N–H and O–H groups in total. The summed E-state index contributed by atoms with van der Waals surface area (Å²) in [5.74, 6) is 0.570. The number of nitrogens with zero attached hydrogens (tertiary/aromatic N) is 2. The number of hydrogen-bond acceptors (Lipinski definition) is 4. The van der Waals surface area contributed by atoms with Crippen LogP contribution in [0.2, 0.25) is 0 Å². The highest BCUT2D eigenvalue weighted by atomic mass is 32.1. The number of carbonyl (C=O) groups is 1. The lowest BCUT2D eigenvalue weighted by Gasteiger charge is -2.20. The zero-order valence-electron chi connectivity index (χ0n) is 14.1. The molecule has 0 spiro atoms. The first-order valence-electron chi connectivity index (χ1n) is 7.54. The standard InChI is InChI=1S/C15H27N5OS/c1-6-16-14(19-10-12(21)20-15(3,4)5)17-8-7-13-18-9-11(2)22-13/h9H,6-8,10H2,1-5H3,(H,20,21)(H2,16,17,19). The van der Waals surface area contributed by atoms with E-state index in [1.807, 2.05) is 40.8 Å². The lowest BCUT2D eigenvalue weighted by Crippen LogP contribution is -2.43. The Kier molecular flexibility index (Phi) is 7.31. The van der Waals surface area contributed by atoms with Gasteiger partial charge in [0.05, 0.1) is 5.01 Å². The molecule has 0 atom stereocenters. The Morgan fingerprint density at radius 1 is 1.36 bits per heavy atom. The number of nitrogens with one attached hydrogen (secondary N) is 3. The molecule has 0 unspecified atom stereocenters. The van der Waals surface area contributed by atoms with E-state index >= 15 is 0 Å². The fourth-order valence-corrected chi connectivity index (χ4v) is 2.54. The Balaban J connectivity index is 2.43. The molecular weight excluding hydrogens is 298 g/mol. The number of amides is 1. The van der Waals surface area contributed by atoms with Crippen LogP contribution < -0.4 is 16.0 Å². The molecule has 7 heteroatoms. The molecular formula is C15H27N5OS. The highest BCUT2D eigenvalue weighted by Crippen LogP contribution is 2.10. The van der Waals surface area contributed by atoms with Gasteiger partial charge in [0.2, 0.25) is 5.91 Å². The second-order valence-corrected chi connectivity index (χ2v) is 7.35. The molecule has 124 valence electrons. The minimum absolute atomic E-state index is 0.0831. The van der Waals surface area contributed by atoms with Gasteiger partial charge in [-0.05, 0) is 34.6 Å². The van der Waals surface area contributed by atoms with Gasteiger partial charge in [0.1, 0.15) is 6.54 Å². The van der Waals surface area contributed by atoms with Gasteiger partial charge in [0.15, 0.2) is 5.96 Å². The van der Waals surface area contributed by atoms with Crippen LogP contribution in [0.4, 0.5) is 0 Å². The van der Waals surface area contributed by atoms with Gasteiger partial charge < -0.3 is 16.0 Å². The summed E-state index contributed by atoms with van der Waals surface area (Å²) in [5, 5.41) is 10.4. The van der Waals surface area contributed by atoms with Crippen molar-refractivity contribution in [2.24, 2.45) is 4.99 Å². The van der Waals surface area contributed by atoms with Gasteiger partial charge in [-0.1, -0.05) is 0 Å². The SMILES string of the molecule is CCNC(=NCC(=O)NC(C)(C)C)NCCc1ncc(C)s1. The molecule has 1 heterocycles. The Labute approximate surface area is 136 Å². The summed E-state index contributed by atoms with van der Waals surface area (Å²) < 4.78 is 0. The molecule has 0 fully saturated rings. The van der Waals surface area contributed by atoms with Crippen LogP contribution >= 0.6 is 11.3 Å². The number of aryl methyl sites for hydroxylation is 1. The summed E-state index contributed by atoms with van der Waals surface area (Å²) in [6.45, 7) is 11.5. The molecule has 22 heavy (non-hydrogen) atoms. The van der Waals surface area contributed by atoms with Crippen LogP contribution in [0.3, 0.4) is 0 Å². The fraction of sp³-hybridized carbons (Fsp3) is 0.667. The first-order valence-corrected chi connectivity index (χ1v) is 8.36. The topological polar surface area (TPSA) is 78.4 Å². The summed E-state index contributed by atoms with van der Waals surface area (Å²) in [6, 6.07) is 0. The van der Waals surface area contributed by atoms with E-state index in [0.717, 1.165) is 24.5 Å². The Bertz CT molecular complexity index is 504. The highest BCUT2D eigenvalue weighted by molar-refractivity contribution is 7.11. The van der Waals surface area contributed by atoms with Gasteiger partial charge in [-0.2, -0.15) is 0 Å². The second-order valence-electron chi connectivity index (χ2n) is 6.03. The van der Waals surface area contributed by atoms with E-state index in [9.17, 15) is 4.79 Å². The molecule has 1 rings (SSSR count). The van der Waals surface area contributed by atoms with E-state index in [0.29, 0.717) is 5.96 Å². The van der Waals surface area contributed by atoms with Crippen LogP contribution in [0.25, 0.3) is 0 Å². The van der Waals surface area contributed by atoms with Crippen molar-refractivity contribution in [3.8, 4) is 0 Å². The lowest BCUT2D eigenvalue weighted by molar-refractivity contribution is -0.121. The van der Waals surface area contributed by atoms with E-state index in [-0.39, 0.29) is 18.0 Å². The van der Waals surface area contributed by atoms with Crippen LogP contribution in [0.15, 0.2) is 11.2 Å². The van der Waals surface area contributed by atoms with Crippen molar-refractivity contribution in [2.45, 2.75) is 46.6 Å². The van der Waals surface area contributed by atoms with Crippen LogP contribution in [0, 0.1) is 6.92 Å². The average Bonchev–Trinajstić information content (AvgIpc) is 2.80. The molecule has 0 aliphatic heterocycles. The molecule has 1 aromatic rings. The van der Waals surface area contributed by atoms with Gasteiger partial charge in [-0.3, -0.25) is 4.79 Å². The minimum atomic E-state index is -0.235. The first kappa shape index (κ1) is 18.4. The third kappa shape index (κ3) is 7.97. The van der Waals surface area contributed by atoms with Gasteiger partial charge in [-0.15, -0.1) is 11.3 Å². The monoisotopic (exact) mass is 325 g/mol. The van der Waals surface area contributed by atoms with Crippen molar-refractivity contribution in [3.63, 3.8) is 0 Å². The Hall–Kier alpha value is -1.63. The number of hydrogen-bond donors (Lipinski definition) is 3. The molecule has 0 radical (unpaired) electrons. The van der Waals surface area contributed by atoms with Gasteiger partial charge in [0.25, 0.3) is 0 Å². The van der Waals surface area contributed by atoms with E-state index < -0.39 is 0 Å². The van der Waals surface area contributed by atoms with E-state index in [1.165, 1.54) is 4.88 Å². The summed E-state index contributed by atoms with van der Waals surface area (Å²) in [6.07, 6.45) is 2.73. The minimum Gasteiger partial charge on any atom is -0.357 e. The molecule has 1 amide bonds. The van der Waals surface area contributed by atoms with E-state index in [4.69, 9.17) is 0 Å². The molecule has 6 nitrogen and oxygen atoms in total. The van der Waals surface area contributed by atoms with Crippen LogP contribution in [0.1, 0.15) is 37.6 Å². The average molecular weight is 325 g/mol. The van der Waals surface area contributed by atoms with Crippen molar-refractivity contribution in [2.75, 3.05) is 19.6 Å². The molecule has 0 aliphatic rings. The van der Waals surface area contributed by atoms with E-state index in [2.05, 4.69) is 25.9 Å². The molecule has 1 aromatic heterocycles. The fourth-order valence-electron chi connectivity index (χ4n) is 1.76. The maximum atomic E-state index is 11.8. The largest absolute Gasteiger partial charge is 0.357 e. The smallest absolute Gasteiger partial charge is 0.242 e. The van der Waals surface area contributed by atoms with Crippen molar-refractivity contribution < 1.29 is 4.79 Å². The third-order valence-corrected chi connectivity index (χ3v) is 3.51. The number of carbonyl (C=O) groups excluding carboxylic acids is 1. The lowest BCUT2D eigenvalue weighted by atomic mass is 10.1. The number of thiazole rings is 1. The van der Waals surface area contributed by atoms with Crippen LogP contribution in [-0.2, 0) is 11.2 Å². The quantitative estimate of drug-likeness (QED) is 0.547. The summed E-state index contributed by atoms with van der Waals surface area (Å²) in [4.78, 5) is 21.6. The Morgan fingerprint density at radius 3 is 2.64 bits per heavy atom. The Morgan fingerprint density at radius 2 is 2.09 bits per heavy atom. The summed E-state index contributed by atoms with van der Waals surface area (Å²) in [7, 11) is 0. The third-order valence-electron chi connectivity index (χ3n) is 2.54. The van der Waals surface area contributed by atoms with Gasteiger partial charge >= 0.3 is 0 Å². The molecule has 0 aliphatic carbocycles. The second kappa shape index (κ2) is 8.73. The van der Waals surface area contributed by atoms with Crippen molar-refractivity contribution in [1.82, 2.24) is 20.9 Å². The van der Waals surface area contributed by atoms with Crippen LogP contribution in [-0.4, -0.2) is 42.0 Å². The molecule has 0 saturated carbocycles. The summed E-state index contributed by atoms with van der Waals surface area (Å²) >= 11 is 1.70. The normalized spacial score (nSPS) is 12.1. The van der Waals surface area contributed by atoms with Crippen molar-refractivity contribution >= 4 is 23.2 Å². The molecule has 0 aromatic carbocycles. The predicted octanol–water partition coefficient (Wildman–Crippen LogP) is 1.46. The maximum absolute atomic E-state index is 11.8. The number of guanidine groups is 1. The predicted molar refractivity (Wildman–Crippen MR) is 92.4 cm³/mol. The zero-order valence-corrected chi connectivity index (χ0v) is 14.9. The molecule has 0 saturated heterocycles. The van der Waals surface area contributed by atoms with Crippen LogP contribution in [0.5, 0.6) is 0 Å².